The van der Waals surface area contributed by atoms with E-state index in [4.69, 9.17) is 0 Å². The molecular weight excluding hydrogens is 538 g/mol. The lowest BCUT2D eigenvalue weighted by Gasteiger charge is -2.11. The van der Waals surface area contributed by atoms with Gasteiger partial charge in [-0.05, 0) is 54.6 Å². The van der Waals surface area contributed by atoms with E-state index in [0.29, 0.717) is 36.4 Å². The first-order valence-corrected chi connectivity index (χ1v) is 12.2. The normalized spacial score (nSPS) is 13.5. The summed E-state index contributed by atoms with van der Waals surface area (Å²) in [4.78, 5) is 45.3. The van der Waals surface area contributed by atoms with Crippen molar-refractivity contribution in [1.29, 1.82) is 0 Å². The molecule has 0 bridgehead atoms. The fourth-order valence-corrected chi connectivity index (χ4v) is 3.90. The summed E-state index contributed by atoms with van der Waals surface area (Å²) in [6, 6.07) is 17.4. The van der Waals surface area contributed by atoms with Crippen LogP contribution in [0.25, 0.3) is 0 Å². The molecule has 0 radical (unpaired) electrons. The van der Waals surface area contributed by atoms with E-state index in [2.05, 4.69) is 41.9 Å². The Morgan fingerprint density at radius 1 is 0.700 bits per heavy atom. The van der Waals surface area contributed by atoms with Gasteiger partial charge in [0.2, 0.25) is 0 Å². The molecule has 0 unspecified atom stereocenters. The summed E-state index contributed by atoms with van der Waals surface area (Å²) in [6.07, 6.45) is 0. The minimum Gasteiger partial charge on any atom is -1.00 e. The first-order chi connectivity index (χ1) is 18.9. The summed E-state index contributed by atoms with van der Waals surface area (Å²) in [5, 5.41) is 29.4. The molecule has 0 fully saturated rings. The van der Waals surface area contributed by atoms with Crippen LogP contribution >= 0.6 is 0 Å². The number of carbonyl (C=O) groups is 2. The Hall–Kier alpha value is -5.17. The van der Waals surface area contributed by atoms with Crippen molar-refractivity contribution in [3.8, 4) is 0 Å². The van der Waals surface area contributed by atoms with Crippen molar-refractivity contribution in [3.63, 3.8) is 0 Å². The summed E-state index contributed by atoms with van der Waals surface area (Å²) in [6.45, 7) is 2.96. The van der Waals surface area contributed by atoms with Crippen molar-refractivity contribution in [2.45, 2.75) is 0 Å². The van der Waals surface area contributed by atoms with Crippen molar-refractivity contribution in [3.05, 3.63) is 88.0 Å². The van der Waals surface area contributed by atoms with Crippen molar-refractivity contribution in [2.75, 3.05) is 47.4 Å². The molecule has 0 aliphatic carbocycles. The van der Waals surface area contributed by atoms with Crippen LogP contribution in [0, 0.1) is 10.1 Å². The number of benzene rings is 3. The lowest BCUT2D eigenvalue weighted by atomic mass is 10.1. The number of guanidine groups is 2. The SMILES string of the molecule is O=C(Nc1ccc(NC2=NCCN2)cc1)c1cc(C(=O)Nc2ccc(NC3=NCCN3)cc2)cc([N+](=O)[O-])c1.[Cl-]. The molecule has 40 heavy (non-hydrogen) atoms. The average molecular weight is 563 g/mol. The number of rotatable bonds is 7. The van der Waals surface area contributed by atoms with Crippen LogP contribution in [-0.2, 0) is 0 Å². The molecule has 0 aromatic heterocycles. The highest BCUT2D eigenvalue weighted by molar-refractivity contribution is 6.09. The number of hydrogen-bond acceptors (Lipinski definition) is 10. The zero-order valence-electron chi connectivity index (χ0n) is 21.0. The first-order valence-electron chi connectivity index (χ1n) is 12.2. The van der Waals surface area contributed by atoms with E-state index in [1.54, 1.807) is 48.5 Å². The van der Waals surface area contributed by atoms with Gasteiger partial charge in [-0.15, -0.1) is 0 Å². The predicted octanol–water partition coefficient (Wildman–Crippen LogP) is -0.154. The Kier molecular flexibility index (Phi) is 8.76. The highest BCUT2D eigenvalue weighted by Crippen LogP contribution is 2.22. The second-order valence-corrected chi connectivity index (χ2v) is 8.65. The van der Waals surface area contributed by atoms with E-state index < -0.39 is 16.7 Å². The van der Waals surface area contributed by atoms with Crippen molar-refractivity contribution >= 4 is 52.2 Å². The Balaban J connectivity index is 0.00000370. The molecule has 2 heterocycles. The molecule has 3 aromatic rings. The van der Waals surface area contributed by atoms with Gasteiger partial charge >= 0.3 is 0 Å². The maximum absolute atomic E-state index is 12.9. The Morgan fingerprint density at radius 2 is 1.10 bits per heavy atom. The zero-order valence-corrected chi connectivity index (χ0v) is 21.8. The van der Waals surface area contributed by atoms with Gasteiger partial charge in [0.1, 0.15) is 0 Å². The van der Waals surface area contributed by atoms with Gasteiger partial charge in [-0.1, -0.05) is 0 Å². The van der Waals surface area contributed by atoms with Crippen LogP contribution in [0.1, 0.15) is 20.7 Å². The van der Waals surface area contributed by atoms with Crippen molar-refractivity contribution in [2.24, 2.45) is 9.98 Å². The van der Waals surface area contributed by atoms with E-state index in [1.165, 1.54) is 6.07 Å². The third-order valence-corrected chi connectivity index (χ3v) is 5.81. The topological polar surface area (TPSA) is 174 Å². The van der Waals surface area contributed by atoms with Gasteiger partial charge in [-0.3, -0.25) is 29.7 Å². The van der Waals surface area contributed by atoms with E-state index in [1.807, 2.05) is 0 Å². The summed E-state index contributed by atoms with van der Waals surface area (Å²) < 4.78 is 0. The van der Waals surface area contributed by atoms with E-state index >= 15 is 0 Å². The number of nitro benzene ring substituents is 1. The number of nitrogens with one attached hydrogen (secondary N) is 6. The van der Waals surface area contributed by atoms with Crippen LogP contribution in [0.15, 0.2) is 76.7 Å². The number of non-ortho nitro benzene ring substituents is 1. The summed E-state index contributed by atoms with van der Waals surface area (Å²) in [5.41, 5.74) is 2.11. The minimum absolute atomic E-state index is 0. The summed E-state index contributed by atoms with van der Waals surface area (Å²) in [7, 11) is 0. The Bertz CT molecular complexity index is 1370. The third kappa shape index (κ3) is 7.02. The molecule has 2 aliphatic heterocycles. The fourth-order valence-electron chi connectivity index (χ4n) is 3.90. The average Bonchev–Trinajstić information content (AvgIpc) is 3.65. The number of nitrogens with zero attached hydrogens (tertiary/aromatic N) is 3. The number of anilines is 4. The molecule has 206 valence electrons. The Labute approximate surface area is 235 Å². The smallest absolute Gasteiger partial charge is 0.271 e. The van der Waals surface area contributed by atoms with Gasteiger partial charge in [-0.25, -0.2) is 0 Å². The molecule has 6 N–H and O–H groups in total. The molecule has 2 amide bonds. The molecule has 13 nitrogen and oxygen atoms in total. The number of nitro groups is 1. The summed E-state index contributed by atoms with van der Waals surface area (Å²) in [5.74, 6) is 0.180. The minimum atomic E-state index is -0.645. The molecule has 14 heteroatoms. The van der Waals surface area contributed by atoms with Gasteiger partial charge in [0, 0.05) is 59.1 Å². The van der Waals surface area contributed by atoms with Crippen LogP contribution in [0.4, 0.5) is 28.4 Å². The number of carbonyl (C=O) groups excluding carboxylic acids is 2. The van der Waals surface area contributed by atoms with Crippen LogP contribution in [0.3, 0.4) is 0 Å². The number of halogens is 1. The van der Waals surface area contributed by atoms with Crippen LogP contribution in [0.2, 0.25) is 0 Å². The van der Waals surface area contributed by atoms with Crippen LogP contribution in [0.5, 0.6) is 0 Å². The molecular formula is C26H25ClN9O4-. The highest BCUT2D eigenvalue weighted by atomic mass is 35.5. The standard InChI is InChI=1S/C26H25N9O4.ClH/c36-23(31-18-1-5-20(6-2-18)33-25-27-9-10-28-25)16-13-17(15-22(14-16)35(38)39)24(37)32-19-3-7-21(8-4-19)34-26-29-11-12-30-26;/h1-8,13-15H,9-12H2,(H,31,36)(H,32,37)(H2,27,28,33)(H2,29,30,34);1H/p-1. The predicted molar refractivity (Wildman–Crippen MR) is 150 cm³/mol. The lowest BCUT2D eigenvalue weighted by Crippen LogP contribution is -3.00. The van der Waals surface area contributed by atoms with Gasteiger partial charge in [0.05, 0.1) is 18.0 Å². The van der Waals surface area contributed by atoms with E-state index in [0.717, 1.165) is 36.6 Å². The largest absolute Gasteiger partial charge is 1.00 e. The van der Waals surface area contributed by atoms with E-state index in [9.17, 15) is 19.7 Å². The maximum Gasteiger partial charge on any atom is 0.271 e. The lowest BCUT2D eigenvalue weighted by molar-refractivity contribution is -0.384. The van der Waals surface area contributed by atoms with Gasteiger partial charge in [-0.2, -0.15) is 0 Å². The monoisotopic (exact) mass is 562 g/mol. The molecule has 5 rings (SSSR count). The number of amides is 2. The molecule has 0 atom stereocenters. The van der Waals surface area contributed by atoms with Crippen LogP contribution in [-0.4, -0.2) is 54.8 Å². The van der Waals surface area contributed by atoms with Gasteiger partial charge < -0.3 is 44.3 Å². The third-order valence-electron chi connectivity index (χ3n) is 5.81. The molecule has 0 saturated carbocycles. The maximum atomic E-state index is 12.9. The van der Waals surface area contributed by atoms with Crippen molar-refractivity contribution < 1.29 is 26.9 Å². The number of aliphatic imine (C=N–C) groups is 2. The Morgan fingerprint density at radius 3 is 1.45 bits per heavy atom. The van der Waals surface area contributed by atoms with Crippen LogP contribution < -0.4 is 44.3 Å². The molecule has 0 spiro atoms. The summed E-state index contributed by atoms with van der Waals surface area (Å²) >= 11 is 0. The second kappa shape index (κ2) is 12.6. The van der Waals surface area contributed by atoms with Crippen molar-refractivity contribution in [1.82, 2.24) is 10.6 Å². The molecule has 0 saturated heterocycles. The highest BCUT2D eigenvalue weighted by Gasteiger charge is 2.19. The number of hydrogen-bond donors (Lipinski definition) is 6. The fraction of sp³-hybridized carbons (Fsp3) is 0.154. The molecule has 2 aliphatic rings. The molecule has 3 aromatic carbocycles. The quantitative estimate of drug-likeness (QED) is 0.170. The second-order valence-electron chi connectivity index (χ2n) is 8.65. The zero-order chi connectivity index (χ0) is 27.2. The first kappa shape index (κ1) is 27.9. The van der Waals surface area contributed by atoms with E-state index in [-0.39, 0.29) is 29.2 Å². The van der Waals surface area contributed by atoms with Gasteiger partial charge in [0.15, 0.2) is 11.9 Å². The van der Waals surface area contributed by atoms with Gasteiger partial charge in [0.25, 0.3) is 17.5 Å².